The summed E-state index contributed by atoms with van der Waals surface area (Å²) >= 11 is 3.84. The van der Waals surface area contributed by atoms with Gasteiger partial charge in [-0.2, -0.15) is 0 Å². The predicted molar refractivity (Wildman–Crippen MR) is 148 cm³/mol. The van der Waals surface area contributed by atoms with E-state index in [9.17, 15) is 35.9 Å². The van der Waals surface area contributed by atoms with E-state index in [0.717, 1.165) is 19.6 Å². The number of thioether (sulfide) groups is 2. The zero-order valence-corrected chi connectivity index (χ0v) is 23.1. The molecule has 0 aliphatic heterocycles. The Labute approximate surface area is 243 Å². The van der Waals surface area contributed by atoms with Crippen LogP contribution >= 0.6 is 35.3 Å². The molecular formula is C28H18F6N2O2S3. The summed E-state index contributed by atoms with van der Waals surface area (Å²) in [5.74, 6) is -8.66. The molecule has 2 amide bonds. The van der Waals surface area contributed by atoms with E-state index in [0.29, 0.717) is 24.3 Å². The zero-order valence-electron chi connectivity index (χ0n) is 20.7. The van der Waals surface area contributed by atoms with Gasteiger partial charge in [0.05, 0.1) is 22.9 Å². The largest absolute Gasteiger partial charge is 0.323 e. The smallest absolute Gasteiger partial charge is 0.234 e. The first kappa shape index (κ1) is 30.4. The van der Waals surface area contributed by atoms with Crippen molar-refractivity contribution in [3.63, 3.8) is 0 Å². The Kier molecular flexibility index (Phi) is 10.3. The van der Waals surface area contributed by atoms with Gasteiger partial charge in [0.1, 0.15) is 11.6 Å². The maximum absolute atomic E-state index is 13.7. The maximum atomic E-state index is 13.7. The Hall–Kier alpha value is -3.55. The summed E-state index contributed by atoms with van der Waals surface area (Å²) in [6, 6.07) is 16.5. The summed E-state index contributed by atoms with van der Waals surface area (Å²) in [4.78, 5) is 27.5. The summed E-state index contributed by atoms with van der Waals surface area (Å²) in [6.07, 6.45) is 0. The van der Waals surface area contributed by atoms with Crippen LogP contribution in [0.25, 0.3) is 0 Å². The Morgan fingerprint density at radius 3 is 1.17 bits per heavy atom. The highest BCUT2D eigenvalue weighted by atomic mass is 32.2. The fourth-order valence-electron chi connectivity index (χ4n) is 3.25. The molecule has 0 radical (unpaired) electrons. The van der Waals surface area contributed by atoms with Crippen molar-refractivity contribution in [3.05, 3.63) is 108 Å². The molecule has 0 saturated heterocycles. The number of amides is 2. The lowest BCUT2D eigenvalue weighted by atomic mass is 10.3. The average molecular weight is 625 g/mol. The van der Waals surface area contributed by atoms with Gasteiger partial charge in [0.2, 0.25) is 11.8 Å². The van der Waals surface area contributed by atoms with E-state index in [1.165, 1.54) is 35.3 Å². The van der Waals surface area contributed by atoms with Gasteiger partial charge in [-0.1, -0.05) is 11.8 Å². The van der Waals surface area contributed by atoms with Crippen molar-refractivity contribution in [2.45, 2.75) is 19.6 Å². The summed E-state index contributed by atoms with van der Waals surface area (Å²) in [5.41, 5.74) is -0.878. The van der Waals surface area contributed by atoms with Crippen LogP contribution in [0.3, 0.4) is 0 Å². The summed E-state index contributed by atoms with van der Waals surface area (Å²) < 4.78 is 80.0. The minimum atomic E-state index is -1.34. The van der Waals surface area contributed by atoms with Crippen LogP contribution in [0.2, 0.25) is 0 Å². The second-order valence-corrected chi connectivity index (χ2v) is 11.5. The third-order valence-corrected chi connectivity index (χ3v) is 8.23. The number of halogens is 6. The molecule has 0 fully saturated rings. The van der Waals surface area contributed by atoms with Gasteiger partial charge in [-0.3, -0.25) is 9.59 Å². The highest BCUT2D eigenvalue weighted by Gasteiger charge is 2.14. The highest BCUT2D eigenvalue weighted by molar-refractivity contribution is 8.00. The van der Waals surface area contributed by atoms with Gasteiger partial charge in [-0.15, -0.1) is 23.5 Å². The van der Waals surface area contributed by atoms with Crippen LogP contribution < -0.4 is 10.6 Å². The van der Waals surface area contributed by atoms with Crippen molar-refractivity contribution < 1.29 is 35.9 Å². The number of carbonyl (C=O) groups excluding carboxylic acids is 2. The number of nitrogens with one attached hydrogen (secondary N) is 2. The first-order valence-electron chi connectivity index (χ1n) is 11.6. The third-order valence-electron chi connectivity index (χ3n) is 5.19. The topological polar surface area (TPSA) is 58.2 Å². The molecule has 0 unspecified atom stereocenters. The number of rotatable bonds is 10. The van der Waals surface area contributed by atoms with Crippen LogP contribution in [0.1, 0.15) is 0 Å². The lowest BCUT2D eigenvalue weighted by molar-refractivity contribution is -0.114. The van der Waals surface area contributed by atoms with E-state index in [-0.39, 0.29) is 11.5 Å². The molecule has 0 heterocycles. The van der Waals surface area contributed by atoms with Crippen LogP contribution in [-0.4, -0.2) is 23.3 Å². The molecule has 212 valence electrons. The summed E-state index contributed by atoms with van der Waals surface area (Å²) in [7, 11) is 0. The number of hydrogen-bond donors (Lipinski definition) is 2. The molecule has 0 saturated carbocycles. The molecule has 0 spiro atoms. The van der Waals surface area contributed by atoms with Crippen molar-refractivity contribution in [2.75, 3.05) is 22.1 Å². The van der Waals surface area contributed by atoms with Crippen molar-refractivity contribution in [3.8, 4) is 0 Å². The Balaban J connectivity index is 1.22. The molecule has 4 aromatic carbocycles. The van der Waals surface area contributed by atoms with Gasteiger partial charge in [0.25, 0.3) is 0 Å². The third kappa shape index (κ3) is 8.72. The van der Waals surface area contributed by atoms with Gasteiger partial charge >= 0.3 is 0 Å². The van der Waals surface area contributed by atoms with Gasteiger partial charge in [-0.05, 0) is 48.5 Å². The fourth-order valence-corrected chi connectivity index (χ4v) is 5.46. The normalized spacial score (nSPS) is 10.9. The van der Waals surface area contributed by atoms with Crippen LogP contribution in [0, 0.1) is 34.9 Å². The Morgan fingerprint density at radius 2 is 0.805 bits per heavy atom. The fraction of sp³-hybridized carbons (Fsp3) is 0.0714. The number of anilines is 2. The zero-order chi connectivity index (χ0) is 29.5. The molecule has 0 bridgehead atoms. The number of benzene rings is 4. The first-order chi connectivity index (χ1) is 19.6. The van der Waals surface area contributed by atoms with E-state index >= 15 is 0 Å². The number of hydrogen-bond acceptors (Lipinski definition) is 5. The van der Waals surface area contributed by atoms with E-state index in [1.807, 2.05) is 24.3 Å². The molecule has 4 nitrogen and oxygen atoms in total. The first-order valence-corrected chi connectivity index (χ1v) is 14.4. The van der Waals surface area contributed by atoms with Gasteiger partial charge in [-0.25, -0.2) is 26.3 Å². The number of carbonyl (C=O) groups is 2. The molecule has 2 N–H and O–H groups in total. The summed E-state index contributed by atoms with van der Waals surface area (Å²) in [6.45, 7) is 0. The van der Waals surface area contributed by atoms with Crippen LogP contribution in [0.4, 0.5) is 37.7 Å². The van der Waals surface area contributed by atoms with Crippen LogP contribution in [0.5, 0.6) is 0 Å². The van der Waals surface area contributed by atoms with Gasteiger partial charge in [0.15, 0.2) is 23.3 Å². The van der Waals surface area contributed by atoms with Crippen LogP contribution in [0.15, 0.2) is 92.4 Å². The Bertz CT molecular complexity index is 1450. The second-order valence-electron chi connectivity index (χ2n) is 8.21. The van der Waals surface area contributed by atoms with E-state index in [1.54, 1.807) is 24.3 Å². The highest BCUT2D eigenvalue weighted by Crippen LogP contribution is 2.31. The molecule has 41 heavy (non-hydrogen) atoms. The Morgan fingerprint density at radius 1 is 0.488 bits per heavy atom. The molecule has 4 aromatic rings. The van der Waals surface area contributed by atoms with Gasteiger partial charge < -0.3 is 10.6 Å². The molecule has 0 atom stereocenters. The van der Waals surface area contributed by atoms with Crippen molar-refractivity contribution in [1.29, 1.82) is 0 Å². The predicted octanol–water partition coefficient (Wildman–Crippen LogP) is 8.13. The molecule has 0 aliphatic rings. The van der Waals surface area contributed by atoms with Crippen molar-refractivity contribution in [1.82, 2.24) is 0 Å². The van der Waals surface area contributed by atoms with Crippen molar-refractivity contribution in [2.24, 2.45) is 0 Å². The minimum absolute atomic E-state index is 0.0716. The quantitative estimate of drug-likeness (QED) is 0.106. The second kappa shape index (κ2) is 13.9. The van der Waals surface area contributed by atoms with E-state index in [2.05, 4.69) is 10.6 Å². The van der Waals surface area contributed by atoms with E-state index in [4.69, 9.17) is 0 Å². The molecule has 0 aromatic heterocycles. The minimum Gasteiger partial charge on any atom is -0.323 e. The molecular weight excluding hydrogens is 607 g/mol. The van der Waals surface area contributed by atoms with E-state index < -0.39 is 58.1 Å². The molecule has 13 heteroatoms. The lowest BCUT2D eigenvalue weighted by Gasteiger charge is -2.08. The maximum Gasteiger partial charge on any atom is 0.234 e. The summed E-state index contributed by atoms with van der Waals surface area (Å²) in [5, 5.41) is 4.44. The SMILES string of the molecule is O=C(CSc1ccc(Sc2ccc(SCC(=O)Nc3cc(F)c(F)cc3F)cc2)cc1)Nc1cc(F)c(F)cc1F. The lowest BCUT2D eigenvalue weighted by Crippen LogP contribution is -2.15. The molecule has 0 aliphatic carbocycles. The standard InChI is InChI=1S/C28H18F6N2O2S3/c29-19-9-23(33)25(11-21(19)31)35-27(37)13-39-15-1-5-17(6-2-15)41-18-7-3-16(4-8-18)40-14-28(38)36-26-12-22(32)20(30)10-24(26)34/h1-12H,13-14H2,(H,35,37)(H,36,38). The molecule has 4 rings (SSSR count). The van der Waals surface area contributed by atoms with Gasteiger partial charge in [0, 0.05) is 43.8 Å². The average Bonchev–Trinajstić information content (AvgIpc) is 2.94. The van der Waals surface area contributed by atoms with Crippen LogP contribution in [-0.2, 0) is 9.59 Å². The monoisotopic (exact) mass is 624 g/mol. The van der Waals surface area contributed by atoms with Crippen molar-refractivity contribution >= 4 is 58.5 Å².